The number of aliphatic hydroxyl groups is 1. The van der Waals surface area contributed by atoms with Crippen LogP contribution in [-0.2, 0) is 6.54 Å². The van der Waals surface area contributed by atoms with E-state index in [0.717, 1.165) is 9.21 Å². The Balaban J connectivity index is 1.84. The Labute approximate surface area is 151 Å². The number of halogens is 1. The van der Waals surface area contributed by atoms with Crippen molar-refractivity contribution in [2.75, 3.05) is 19.7 Å². The first-order valence-corrected chi connectivity index (χ1v) is 8.68. The summed E-state index contributed by atoms with van der Waals surface area (Å²) < 4.78 is 6.33. The van der Waals surface area contributed by atoms with Gasteiger partial charge in [0, 0.05) is 24.5 Å². The minimum atomic E-state index is -0.629. The predicted molar refractivity (Wildman–Crippen MR) is 97.5 cm³/mol. The highest BCUT2D eigenvalue weighted by atomic mass is 35.5. The maximum Gasteiger partial charge on any atom is 0.119 e. The van der Waals surface area contributed by atoms with Crippen LogP contribution < -0.4 is 4.74 Å². The first kappa shape index (κ1) is 18.5. The molecule has 0 fully saturated rings. The van der Waals surface area contributed by atoms with Crippen molar-refractivity contribution in [1.82, 2.24) is 4.90 Å². The second-order valence-corrected chi connectivity index (χ2v) is 7.09. The summed E-state index contributed by atoms with van der Waals surface area (Å²) in [6.07, 6.45) is 1.18. The zero-order chi connectivity index (χ0) is 17.4. The average Bonchev–Trinajstić information content (AvgIpc) is 2.98. The van der Waals surface area contributed by atoms with Gasteiger partial charge in [-0.2, -0.15) is 5.26 Å². The zero-order valence-corrected chi connectivity index (χ0v) is 14.8. The third-order valence-corrected chi connectivity index (χ3v) is 4.51. The van der Waals surface area contributed by atoms with E-state index in [1.54, 1.807) is 24.3 Å². The highest BCUT2D eigenvalue weighted by Crippen LogP contribution is 2.22. The molecule has 0 aliphatic carbocycles. The standard InChI is InChI=1S/C18H19ClN2O2S/c1-2-9-21(12-17-7-8-18(19)24-17)11-15(22)13-23-16-5-3-14(10-20)4-6-16/h2-8,15,22H,1,9,11-13H2/t15-/m1/s1. The van der Waals surface area contributed by atoms with Crippen LogP contribution >= 0.6 is 22.9 Å². The fourth-order valence-corrected chi connectivity index (χ4v) is 3.34. The average molecular weight is 363 g/mol. The molecule has 1 N–H and O–H groups in total. The fraction of sp³-hybridized carbons (Fsp3) is 0.278. The van der Waals surface area contributed by atoms with Crippen LogP contribution in [0, 0.1) is 11.3 Å². The molecule has 0 bridgehead atoms. The van der Waals surface area contributed by atoms with Crippen LogP contribution in [-0.4, -0.2) is 35.8 Å². The molecule has 0 aliphatic heterocycles. The molecule has 0 spiro atoms. The van der Waals surface area contributed by atoms with Gasteiger partial charge in [0.25, 0.3) is 0 Å². The molecule has 0 radical (unpaired) electrons. The highest BCUT2D eigenvalue weighted by Gasteiger charge is 2.13. The topological polar surface area (TPSA) is 56.5 Å². The number of benzene rings is 1. The van der Waals surface area contributed by atoms with E-state index in [0.29, 0.717) is 30.9 Å². The summed E-state index contributed by atoms with van der Waals surface area (Å²) in [5, 5.41) is 19.0. The van der Waals surface area contributed by atoms with Crippen LogP contribution in [0.15, 0.2) is 49.1 Å². The van der Waals surface area contributed by atoms with Crippen molar-refractivity contribution < 1.29 is 9.84 Å². The first-order valence-electron chi connectivity index (χ1n) is 7.49. The van der Waals surface area contributed by atoms with Gasteiger partial charge < -0.3 is 9.84 Å². The lowest BCUT2D eigenvalue weighted by molar-refractivity contribution is 0.0699. The van der Waals surface area contributed by atoms with Crippen molar-refractivity contribution in [2.45, 2.75) is 12.6 Å². The number of thiophene rings is 1. The molecule has 126 valence electrons. The molecule has 4 nitrogen and oxygen atoms in total. The second-order valence-electron chi connectivity index (χ2n) is 5.29. The van der Waals surface area contributed by atoms with Crippen LogP contribution in [0.4, 0.5) is 0 Å². The van der Waals surface area contributed by atoms with Crippen molar-refractivity contribution in [1.29, 1.82) is 5.26 Å². The number of aliphatic hydroxyl groups excluding tert-OH is 1. The van der Waals surface area contributed by atoms with E-state index in [9.17, 15) is 5.11 Å². The summed E-state index contributed by atoms with van der Waals surface area (Å²) in [5.74, 6) is 0.633. The minimum Gasteiger partial charge on any atom is -0.491 e. The SMILES string of the molecule is C=CCN(Cc1ccc(Cl)s1)C[C@@H](O)COc1ccc(C#N)cc1. The molecule has 2 rings (SSSR count). The Morgan fingerprint density at radius 3 is 2.67 bits per heavy atom. The molecule has 24 heavy (non-hydrogen) atoms. The Morgan fingerprint density at radius 1 is 1.33 bits per heavy atom. The summed E-state index contributed by atoms with van der Waals surface area (Å²) in [7, 11) is 0. The molecule has 0 saturated heterocycles. The molecule has 1 atom stereocenters. The number of ether oxygens (including phenoxy) is 1. The van der Waals surface area contributed by atoms with Crippen LogP contribution in [0.5, 0.6) is 5.75 Å². The molecule has 0 amide bonds. The van der Waals surface area contributed by atoms with Crippen molar-refractivity contribution in [2.24, 2.45) is 0 Å². The van der Waals surface area contributed by atoms with Gasteiger partial charge in [0.05, 0.1) is 16.0 Å². The smallest absolute Gasteiger partial charge is 0.119 e. The molecule has 0 unspecified atom stereocenters. The van der Waals surface area contributed by atoms with E-state index in [1.807, 2.05) is 18.2 Å². The van der Waals surface area contributed by atoms with Gasteiger partial charge in [-0.3, -0.25) is 4.90 Å². The van der Waals surface area contributed by atoms with E-state index in [1.165, 1.54) is 11.3 Å². The van der Waals surface area contributed by atoms with E-state index in [-0.39, 0.29) is 6.61 Å². The predicted octanol–water partition coefficient (Wildman–Crippen LogP) is 3.70. The summed E-state index contributed by atoms with van der Waals surface area (Å²) >= 11 is 7.49. The quantitative estimate of drug-likeness (QED) is 0.691. The van der Waals surface area contributed by atoms with Crippen LogP contribution in [0.3, 0.4) is 0 Å². The van der Waals surface area contributed by atoms with Gasteiger partial charge >= 0.3 is 0 Å². The Kier molecular flexibility index (Phi) is 7.29. The molecule has 2 aromatic rings. The summed E-state index contributed by atoms with van der Waals surface area (Å²) in [6.45, 7) is 5.79. The number of nitrogens with zero attached hydrogens (tertiary/aromatic N) is 2. The van der Waals surface area contributed by atoms with E-state index in [4.69, 9.17) is 21.6 Å². The molecule has 0 saturated carbocycles. The van der Waals surface area contributed by atoms with E-state index >= 15 is 0 Å². The summed E-state index contributed by atoms with van der Waals surface area (Å²) in [5.41, 5.74) is 0.578. The lowest BCUT2D eigenvalue weighted by atomic mass is 10.2. The maximum absolute atomic E-state index is 10.2. The molecule has 6 heteroatoms. The van der Waals surface area contributed by atoms with Crippen LogP contribution in [0.2, 0.25) is 4.34 Å². The third kappa shape index (κ3) is 5.99. The lowest BCUT2D eigenvalue weighted by Gasteiger charge is -2.23. The Bertz CT molecular complexity index is 694. The Morgan fingerprint density at radius 2 is 2.08 bits per heavy atom. The number of rotatable bonds is 9. The van der Waals surface area contributed by atoms with E-state index < -0.39 is 6.10 Å². The molecule has 1 aromatic carbocycles. The summed E-state index contributed by atoms with van der Waals surface area (Å²) in [6, 6.07) is 12.7. The number of nitriles is 1. The zero-order valence-electron chi connectivity index (χ0n) is 13.2. The van der Waals surface area contributed by atoms with Crippen LogP contribution in [0.1, 0.15) is 10.4 Å². The molecular formula is C18H19ClN2O2S. The lowest BCUT2D eigenvalue weighted by Crippen LogP contribution is -2.35. The summed E-state index contributed by atoms with van der Waals surface area (Å²) in [4.78, 5) is 3.23. The third-order valence-electron chi connectivity index (χ3n) is 3.29. The minimum absolute atomic E-state index is 0.185. The van der Waals surface area contributed by atoms with E-state index in [2.05, 4.69) is 17.5 Å². The van der Waals surface area contributed by atoms with Crippen molar-refractivity contribution in [3.05, 3.63) is 63.8 Å². The molecule has 0 aliphatic rings. The molecular weight excluding hydrogens is 344 g/mol. The molecule has 1 heterocycles. The monoisotopic (exact) mass is 362 g/mol. The normalized spacial score (nSPS) is 11.9. The number of hydrogen-bond donors (Lipinski definition) is 1. The van der Waals surface area contributed by atoms with Gasteiger partial charge in [-0.25, -0.2) is 0 Å². The Hall–Kier alpha value is -1.84. The van der Waals surface area contributed by atoms with Gasteiger partial charge in [-0.05, 0) is 36.4 Å². The first-order chi connectivity index (χ1) is 11.6. The number of hydrogen-bond acceptors (Lipinski definition) is 5. The maximum atomic E-state index is 10.2. The van der Waals surface area contributed by atoms with Gasteiger partial charge in [-0.15, -0.1) is 17.9 Å². The van der Waals surface area contributed by atoms with Crippen LogP contribution in [0.25, 0.3) is 0 Å². The highest BCUT2D eigenvalue weighted by molar-refractivity contribution is 7.16. The largest absolute Gasteiger partial charge is 0.491 e. The van der Waals surface area contributed by atoms with Gasteiger partial charge in [0.15, 0.2) is 0 Å². The second kappa shape index (κ2) is 9.45. The van der Waals surface area contributed by atoms with Crippen molar-refractivity contribution >= 4 is 22.9 Å². The van der Waals surface area contributed by atoms with Crippen molar-refractivity contribution in [3.8, 4) is 11.8 Å². The van der Waals surface area contributed by atoms with Gasteiger partial charge in [-0.1, -0.05) is 17.7 Å². The van der Waals surface area contributed by atoms with Gasteiger partial charge in [0.1, 0.15) is 18.5 Å². The molecule has 1 aromatic heterocycles. The fourth-order valence-electron chi connectivity index (χ4n) is 2.21. The van der Waals surface area contributed by atoms with Crippen molar-refractivity contribution in [3.63, 3.8) is 0 Å². The van der Waals surface area contributed by atoms with Gasteiger partial charge in [0.2, 0.25) is 0 Å².